The summed E-state index contributed by atoms with van der Waals surface area (Å²) in [5, 5.41) is 7.74. The molecule has 92 valence electrons. The van der Waals surface area contributed by atoms with E-state index >= 15 is 0 Å². The van der Waals surface area contributed by atoms with Crippen molar-refractivity contribution < 1.29 is 4.74 Å². The Hall–Kier alpha value is -0.870. The molecule has 4 heteroatoms. The summed E-state index contributed by atoms with van der Waals surface area (Å²) >= 11 is 0. The summed E-state index contributed by atoms with van der Waals surface area (Å²) in [6.07, 6.45) is 4.18. The van der Waals surface area contributed by atoms with E-state index < -0.39 is 0 Å². The minimum Gasteiger partial charge on any atom is -0.377 e. The highest BCUT2D eigenvalue weighted by Crippen LogP contribution is 2.18. The maximum Gasteiger partial charge on any atom is 0.0742 e. The average Bonchev–Trinajstić information content (AvgIpc) is 2.74. The Balaban J connectivity index is 2.75. The normalized spacial score (nSPS) is 15.0. The van der Waals surface area contributed by atoms with E-state index in [1.54, 1.807) is 0 Å². The summed E-state index contributed by atoms with van der Waals surface area (Å²) in [6.45, 7) is 10.9. The van der Waals surface area contributed by atoms with Crippen LogP contribution in [0.5, 0.6) is 0 Å². The monoisotopic (exact) mass is 225 g/mol. The summed E-state index contributed by atoms with van der Waals surface area (Å²) in [4.78, 5) is 0. The second kappa shape index (κ2) is 6.66. The number of nitrogens with one attached hydrogen (secondary N) is 1. The summed E-state index contributed by atoms with van der Waals surface area (Å²) in [5.74, 6) is 0. The average molecular weight is 225 g/mol. The third-order valence-corrected chi connectivity index (χ3v) is 2.66. The third-order valence-electron chi connectivity index (χ3n) is 2.66. The maximum atomic E-state index is 5.65. The van der Waals surface area contributed by atoms with Crippen molar-refractivity contribution in [3.05, 3.63) is 18.0 Å². The smallest absolute Gasteiger partial charge is 0.0742 e. The van der Waals surface area contributed by atoms with Crippen molar-refractivity contribution in [2.75, 3.05) is 13.2 Å². The van der Waals surface area contributed by atoms with Gasteiger partial charge in [0.05, 0.1) is 18.3 Å². The fourth-order valence-electron chi connectivity index (χ4n) is 1.85. The van der Waals surface area contributed by atoms with Gasteiger partial charge in [-0.1, -0.05) is 6.92 Å². The molecule has 0 amide bonds. The van der Waals surface area contributed by atoms with Gasteiger partial charge in [0, 0.05) is 24.9 Å². The van der Waals surface area contributed by atoms with Crippen molar-refractivity contribution in [1.29, 1.82) is 0 Å². The fourth-order valence-corrected chi connectivity index (χ4v) is 1.85. The van der Waals surface area contributed by atoms with Crippen LogP contribution in [0.3, 0.4) is 0 Å². The molecule has 0 fully saturated rings. The maximum absolute atomic E-state index is 5.65. The van der Waals surface area contributed by atoms with Gasteiger partial charge in [0.15, 0.2) is 0 Å². The Morgan fingerprint density at radius 2 is 2.19 bits per heavy atom. The molecule has 1 aromatic heterocycles. The molecule has 1 aromatic rings. The standard InChI is InChI=1S/C12H23N3O/c1-5-13-12(10(4)16-7-3)11-8-14-15(6-2)9-11/h8-10,12-13H,5-7H2,1-4H3. The van der Waals surface area contributed by atoms with E-state index in [-0.39, 0.29) is 12.1 Å². The predicted molar refractivity (Wildman–Crippen MR) is 65.4 cm³/mol. The number of ether oxygens (including phenoxy) is 1. The number of aromatic nitrogens is 2. The van der Waals surface area contributed by atoms with Crippen molar-refractivity contribution in [2.24, 2.45) is 0 Å². The Labute approximate surface area is 98.0 Å². The summed E-state index contributed by atoms with van der Waals surface area (Å²) in [7, 11) is 0. The van der Waals surface area contributed by atoms with Crippen molar-refractivity contribution in [2.45, 2.75) is 46.4 Å². The zero-order chi connectivity index (χ0) is 12.0. The van der Waals surface area contributed by atoms with E-state index in [4.69, 9.17) is 4.74 Å². The first-order valence-electron chi connectivity index (χ1n) is 6.10. The predicted octanol–water partition coefficient (Wildman–Crippen LogP) is 1.98. The number of aryl methyl sites for hydroxylation is 1. The van der Waals surface area contributed by atoms with E-state index in [1.807, 2.05) is 17.8 Å². The first-order chi connectivity index (χ1) is 7.72. The second-order valence-corrected chi connectivity index (χ2v) is 3.83. The Morgan fingerprint density at radius 3 is 2.69 bits per heavy atom. The number of likely N-dealkylation sites (N-methyl/N-ethyl adjacent to an activating group) is 1. The topological polar surface area (TPSA) is 39.1 Å². The van der Waals surface area contributed by atoms with Crippen LogP contribution < -0.4 is 5.32 Å². The van der Waals surface area contributed by atoms with Gasteiger partial charge >= 0.3 is 0 Å². The summed E-state index contributed by atoms with van der Waals surface area (Å²) < 4.78 is 7.60. The lowest BCUT2D eigenvalue weighted by molar-refractivity contribution is 0.0476. The van der Waals surface area contributed by atoms with Gasteiger partial charge in [0.1, 0.15) is 0 Å². The molecule has 0 spiro atoms. The van der Waals surface area contributed by atoms with Crippen LogP contribution in [0.15, 0.2) is 12.4 Å². The molecule has 1 rings (SSSR count). The molecule has 0 saturated carbocycles. The second-order valence-electron chi connectivity index (χ2n) is 3.83. The van der Waals surface area contributed by atoms with Crippen LogP contribution in [-0.4, -0.2) is 29.0 Å². The van der Waals surface area contributed by atoms with Gasteiger partial charge in [-0.05, 0) is 27.3 Å². The molecule has 0 bridgehead atoms. The molecule has 0 aromatic carbocycles. The van der Waals surface area contributed by atoms with Crippen molar-refractivity contribution in [1.82, 2.24) is 15.1 Å². The minimum absolute atomic E-state index is 0.166. The molecular weight excluding hydrogens is 202 g/mol. The molecule has 0 aliphatic carbocycles. The van der Waals surface area contributed by atoms with Crippen molar-refractivity contribution in [3.63, 3.8) is 0 Å². The van der Waals surface area contributed by atoms with E-state index in [1.165, 1.54) is 5.56 Å². The number of hydrogen-bond acceptors (Lipinski definition) is 3. The fraction of sp³-hybridized carbons (Fsp3) is 0.750. The van der Waals surface area contributed by atoms with E-state index in [9.17, 15) is 0 Å². The van der Waals surface area contributed by atoms with Gasteiger partial charge in [-0.25, -0.2) is 0 Å². The van der Waals surface area contributed by atoms with Crippen molar-refractivity contribution in [3.8, 4) is 0 Å². The number of hydrogen-bond donors (Lipinski definition) is 1. The molecule has 2 unspecified atom stereocenters. The van der Waals surface area contributed by atoms with E-state index in [0.29, 0.717) is 0 Å². The van der Waals surface area contributed by atoms with Gasteiger partial charge < -0.3 is 10.1 Å². The molecule has 0 radical (unpaired) electrons. The van der Waals surface area contributed by atoms with E-state index in [0.717, 1.165) is 19.7 Å². The summed E-state index contributed by atoms with van der Waals surface area (Å²) in [6, 6.07) is 0.227. The van der Waals surface area contributed by atoms with Crippen molar-refractivity contribution >= 4 is 0 Å². The highest BCUT2D eigenvalue weighted by atomic mass is 16.5. The molecule has 16 heavy (non-hydrogen) atoms. The van der Waals surface area contributed by atoms with Gasteiger partial charge in [-0.2, -0.15) is 5.10 Å². The largest absolute Gasteiger partial charge is 0.377 e. The molecule has 4 nitrogen and oxygen atoms in total. The van der Waals surface area contributed by atoms with E-state index in [2.05, 4.69) is 37.4 Å². The zero-order valence-corrected chi connectivity index (χ0v) is 10.7. The van der Waals surface area contributed by atoms with Crippen LogP contribution in [0.1, 0.15) is 39.3 Å². The SMILES string of the molecule is CCNC(c1cnn(CC)c1)C(C)OCC. The lowest BCUT2D eigenvalue weighted by Gasteiger charge is -2.23. The number of rotatable bonds is 7. The van der Waals surface area contributed by atoms with Gasteiger partial charge in [-0.3, -0.25) is 4.68 Å². The van der Waals surface area contributed by atoms with Crippen LogP contribution in [0, 0.1) is 0 Å². The van der Waals surface area contributed by atoms with Crippen LogP contribution >= 0.6 is 0 Å². The molecule has 0 aliphatic heterocycles. The molecule has 1 heterocycles. The van der Waals surface area contributed by atoms with Crippen LogP contribution in [-0.2, 0) is 11.3 Å². The Kier molecular flexibility index (Phi) is 5.49. The summed E-state index contributed by atoms with van der Waals surface area (Å²) in [5.41, 5.74) is 1.20. The molecule has 0 aliphatic rings. The first kappa shape index (κ1) is 13.2. The molecule has 2 atom stereocenters. The molecule has 1 N–H and O–H groups in total. The minimum atomic E-state index is 0.166. The van der Waals surface area contributed by atoms with Crippen LogP contribution in [0.4, 0.5) is 0 Å². The van der Waals surface area contributed by atoms with Gasteiger partial charge in [-0.15, -0.1) is 0 Å². The highest BCUT2D eigenvalue weighted by Gasteiger charge is 2.19. The Bertz CT molecular complexity index is 298. The van der Waals surface area contributed by atoms with Gasteiger partial charge in [0.25, 0.3) is 0 Å². The highest BCUT2D eigenvalue weighted by molar-refractivity contribution is 5.12. The Morgan fingerprint density at radius 1 is 1.44 bits per heavy atom. The van der Waals surface area contributed by atoms with Gasteiger partial charge in [0.2, 0.25) is 0 Å². The molecular formula is C12H23N3O. The van der Waals surface area contributed by atoms with Crippen LogP contribution in [0.25, 0.3) is 0 Å². The molecule has 0 saturated heterocycles. The quantitative estimate of drug-likeness (QED) is 0.771. The zero-order valence-electron chi connectivity index (χ0n) is 10.7. The lowest BCUT2D eigenvalue weighted by atomic mass is 10.1. The number of nitrogens with zero attached hydrogens (tertiary/aromatic N) is 2. The van der Waals surface area contributed by atoms with Crippen LogP contribution in [0.2, 0.25) is 0 Å². The third kappa shape index (κ3) is 3.32. The first-order valence-corrected chi connectivity index (χ1v) is 6.10. The lowest BCUT2D eigenvalue weighted by Crippen LogP contribution is -2.31.